The molecule has 1 aliphatic heterocycles. The van der Waals surface area contributed by atoms with Crippen LogP contribution in [-0.4, -0.2) is 28.9 Å². The molecule has 1 aromatic heterocycles. The Labute approximate surface area is 146 Å². The topological polar surface area (TPSA) is 69.0 Å². The molecule has 1 unspecified atom stereocenters. The van der Waals surface area contributed by atoms with Crippen molar-refractivity contribution < 1.29 is 4.79 Å². The highest BCUT2D eigenvalue weighted by molar-refractivity contribution is 7.19. The lowest BCUT2D eigenvalue weighted by Gasteiger charge is -2.20. The van der Waals surface area contributed by atoms with Crippen molar-refractivity contribution >= 4 is 22.4 Å². The summed E-state index contributed by atoms with van der Waals surface area (Å²) >= 11 is 1.46. The summed E-state index contributed by atoms with van der Waals surface area (Å²) in [6, 6.07) is 9.95. The number of nitrogens with zero attached hydrogens (tertiary/aromatic N) is 3. The number of nitriles is 1. The van der Waals surface area contributed by atoms with Crippen LogP contribution in [0.4, 0.5) is 5.13 Å². The SMILES string of the molecule is CC.CC1(C(=O)Nc2ncc(-c3ccccc3)s2)CCN(C#N)C1. The molecule has 1 amide bonds. The van der Waals surface area contributed by atoms with Crippen molar-refractivity contribution in [2.45, 2.75) is 27.2 Å². The Morgan fingerprint density at radius 1 is 1.38 bits per heavy atom. The van der Waals surface area contributed by atoms with E-state index in [1.54, 1.807) is 11.1 Å². The summed E-state index contributed by atoms with van der Waals surface area (Å²) in [5, 5.41) is 12.4. The molecule has 0 spiro atoms. The van der Waals surface area contributed by atoms with Gasteiger partial charge in [0.15, 0.2) is 11.3 Å². The molecule has 0 aliphatic carbocycles. The van der Waals surface area contributed by atoms with Crippen LogP contribution in [0.15, 0.2) is 36.5 Å². The molecule has 6 heteroatoms. The molecule has 0 saturated carbocycles. The van der Waals surface area contributed by atoms with Crippen LogP contribution in [0.3, 0.4) is 0 Å². The van der Waals surface area contributed by atoms with Crippen LogP contribution in [0.5, 0.6) is 0 Å². The van der Waals surface area contributed by atoms with E-state index in [9.17, 15) is 4.79 Å². The normalized spacial score (nSPS) is 19.2. The molecule has 3 rings (SSSR count). The van der Waals surface area contributed by atoms with Crippen LogP contribution in [0.2, 0.25) is 0 Å². The zero-order valence-corrected chi connectivity index (χ0v) is 15.1. The number of likely N-dealkylation sites (tertiary alicyclic amines) is 1. The Kier molecular flexibility index (Phi) is 5.93. The van der Waals surface area contributed by atoms with E-state index in [1.807, 2.05) is 51.1 Å². The van der Waals surface area contributed by atoms with Crippen LogP contribution in [0, 0.1) is 16.9 Å². The number of hydrogen-bond donors (Lipinski definition) is 1. The van der Waals surface area contributed by atoms with Gasteiger partial charge in [0, 0.05) is 19.3 Å². The van der Waals surface area contributed by atoms with Crippen LogP contribution >= 0.6 is 11.3 Å². The maximum Gasteiger partial charge on any atom is 0.233 e. The van der Waals surface area contributed by atoms with E-state index in [1.165, 1.54) is 11.3 Å². The van der Waals surface area contributed by atoms with E-state index >= 15 is 0 Å². The lowest BCUT2D eigenvalue weighted by molar-refractivity contribution is -0.124. The van der Waals surface area contributed by atoms with Crippen molar-refractivity contribution in [3.63, 3.8) is 0 Å². The number of rotatable bonds is 3. The van der Waals surface area contributed by atoms with Gasteiger partial charge < -0.3 is 10.2 Å². The molecule has 1 saturated heterocycles. The van der Waals surface area contributed by atoms with Gasteiger partial charge in [-0.15, -0.1) is 0 Å². The molecule has 0 bridgehead atoms. The number of carbonyl (C=O) groups is 1. The molecule has 1 fully saturated rings. The maximum absolute atomic E-state index is 12.5. The first-order valence-corrected chi connectivity index (χ1v) is 8.90. The van der Waals surface area contributed by atoms with E-state index in [0.717, 1.165) is 10.4 Å². The van der Waals surface area contributed by atoms with Gasteiger partial charge >= 0.3 is 0 Å². The number of carbonyl (C=O) groups excluding carboxylic acids is 1. The molecule has 126 valence electrons. The van der Waals surface area contributed by atoms with Crippen LogP contribution in [-0.2, 0) is 4.79 Å². The maximum atomic E-state index is 12.5. The highest BCUT2D eigenvalue weighted by atomic mass is 32.1. The molecule has 2 aromatic rings. The molecule has 1 aliphatic rings. The molecule has 1 atom stereocenters. The summed E-state index contributed by atoms with van der Waals surface area (Å²) in [6.07, 6.45) is 4.56. The van der Waals surface area contributed by atoms with Crippen molar-refractivity contribution in [2.75, 3.05) is 18.4 Å². The standard InChI is InChI=1S/C16H16N4OS.C2H6/c1-16(7-8-20(10-16)11-17)14(21)19-15-18-9-13(22-15)12-5-3-2-4-6-12;1-2/h2-6,9H,7-8,10H2,1H3,(H,18,19,21);1-2H3. The van der Waals surface area contributed by atoms with E-state index < -0.39 is 5.41 Å². The van der Waals surface area contributed by atoms with E-state index in [4.69, 9.17) is 5.26 Å². The minimum absolute atomic E-state index is 0.0702. The monoisotopic (exact) mass is 342 g/mol. The van der Waals surface area contributed by atoms with Gasteiger partial charge in [-0.1, -0.05) is 55.5 Å². The van der Waals surface area contributed by atoms with Crippen molar-refractivity contribution in [1.82, 2.24) is 9.88 Å². The number of thiazole rings is 1. The first-order valence-electron chi connectivity index (χ1n) is 8.08. The molecular weight excluding hydrogens is 320 g/mol. The number of amides is 1. The van der Waals surface area contributed by atoms with Gasteiger partial charge in [0.2, 0.25) is 5.91 Å². The second-order valence-electron chi connectivity index (χ2n) is 5.68. The van der Waals surface area contributed by atoms with Crippen LogP contribution in [0.1, 0.15) is 27.2 Å². The van der Waals surface area contributed by atoms with Gasteiger partial charge in [0.25, 0.3) is 0 Å². The Hall–Kier alpha value is -2.39. The van der Waals surface area contributed by atoms with Crippen LogP contribution < -0.4 is 5.32 Å². The zero-order valence-electron chi connectivity index (χ0n) is 14.2. The van der Waals surface area contributed by atoms with Crippen molar-refractivity contribution in [2.24, 2.45) is 5.41 Å². The second-order valence-corrected chi connectivity index (χ2v) is 6.71. The minimum atomic E-state index is -0.533. The summed E-state index contributed by atoms with van der Waals surface area (Å²) in [4.78, 5) is 19.4. The third kappa shape index (κ3) is 3.92. The number of benzene rings is 1. The zero-order chi connectivity index (χ0) is 17.6. The van der Waals surface area contributed by atoms with E-state index in [-0.39, 0.29) is 5.91 Å². The fraction of sp³-hybridized carbons (Fsp3) is 0.389. The number of nitrogens with one attached hydrogen (secondary N) is 1. The Morgan fingerprint density at radius 3 is 2.71 bits per heavy atom. The number of hydrogen-bond acceptors (Lipinski definition) is 5. The molecule has 2 heterocycles. The molecule has 1 aromatic carbocycles. The van der Waals surface area contributed by atoms with Gasteiger partial charge in [-0.05, 0) is 18.9 Å². The summed E-state index contributed by atoms with van der Waals surface area (Å²) < 4.78 is 0. The van der Waals surface area contributed by atoms with Gasteiger partial charge in [-0.2, -0.15) is 5.26 Å². The Morgan fingerprint density at radius 2 is 2.08 bits per heavy atom. The summed E-state index contributed by atoms with van der Waals surface area (Å²) in [6.45, 7) is 6.99. The molecule has 24 heavy (non-hydrogen) atoms. The fourth-order valence-corrected chi connectivity index (χ4v) is 3.36. The lowest BCUT2D eigenvalue weighted by Crippen LogP contribution is -2.35. The quantitative estimate of drug-likeness (QED) is 0.857. The largest absolute Gasteiger partial charge is 0.310 e. The first kappa shape index (κ1) is 18.0. The van der Waals surface area contributed by atoms with Gasteiger partial charge in [-0.3, -0.25) is 4.79 Å². The number of anilines is 1. The first-order chi connectivity index (χ1) is 11.6. The summed E-state index contributed by atoms with van der Waals surface area (Å²) in [5.41, 5.74) is 0.553. The van der Waals surface area contributed by atoms with Crippen molar-refractivity contribution in [3.8, 4) is 16.6 Å². The second kappa shape index (κ2) is 7.93. The average Bonchev–Trinajstić information content (AvgIpc) is 3.25. The number of aromatic nitrogens is 1. The van der Waals surface area contributed by atoms with Gasteiger partial charge in [0.1, 0.15) is 0 Å². The molecule has 5 nitrogen and oxygen atoms in total. The predicted molar refractivity (Wildman–Crippen MR) is 97.4 cm³/mol. The van der Waals surface area contributed by atoms with E-state index in [2.05, 4.69) is 16.5 Å². The molecule has 1 N–H and O–H groups in total. The third-order valence-electron chi connectivity index (χ3n) is 3.95. The smallest absolute Gasteiger partial charge is 0.233 e. The minimum Gasteiger partial charge on any atom is -0.310 e. The molecular formula is C18H22N4OS. The summed E-state index contributed by atoms with van der Waals surface area (Å²) in [5.74, 6) is -0.0702. The Bertz CT molecular complexity index is 722. The fourth-order valence-electron chi connectivity index (χ4n) is 2.55. The highest BCUT2D eigenvalue weighted by Gasteiger charge is 2.40. The Balaban J connectivity index is 0.00000100. The van der Waals surface area contributed by atoms with Gasteiger partial charge in [0.05, 0.1) is 10.3 Å². The predicted octanol–water partition coefficient (Wildman–Crippen LogP) is 3.97. The third-order valence-corrected chi connectivity index (χ3v) is 4.91. The summed E-state index contributed by atoms with van der Waals surface area (Å²) in [7, 11) is 0. The van der Waals surface area contributed by atoms with E-state index in [0.29, 0.717) is 24.6 Å². The highest BCUT2D eigenvalue weighted by Crippen LogP contribution is 2.33. The molecule has 0 radical (unpaired) electrons. The van der Waals surface area contributed by atoms with Crippen molar-refractivity contribution in [3.05, 3.63) is 36.5 Å². The van der Waals surface area contributed by atoms with Gasteiger partial charge in [-0.25, -0.2) is 4.98 Å². The average molecular weight is 342 g/mol. The van der Waals surface area contributed by atoms with Crippen LogP contribution in [0.25, 0.3) is 10.4 Å². The lowest BCUT2D eigenvalue weighted by atomic mass is 9.89. The van der Waals surface area contributed by atoms with Crippen molar-refractivity contribution in [1.29, 1.82) is 5.26 Å².